The molecule has 8 heavy (non-hydrogen) atoms. The molecule has 1 unspecified atom stereocenters. The summed E-state index contributed by atoms with van der Waals surface area (Å²) in [6, 6.07) is 0. The van der Waals surface area contributed by atoms with Gasteiger partial charge in [0.2, 0.25) is 0 Å². The molecule has 1 atom stereocenters. The van der Waals surface area contributed by atoms with Crippen molar-refractivity contribution in [2.45, 2.75) is 20.0 Å². The minimum atomic E-state index is 0.0787. The van der Waals surface area contributed by atoms with Crippen molar-refractivity contribution in [1.29, 1.82) is 0 Å². The summed E-state index contributed by atoms with van der Waals surface area (Å²) >= 11 is 0. The van der Waals surface area contributed by atoms with Gasteiger partial charge in [-0.1, -0.05) is 13.8 Å². The molecule has 2 nitrogen and oxygen atoms in total. The van der Waals surface area contributed by atoms with Crippen molar-refractivity contribution >= 4 is 0 Å². The van der Waals surface area contributed by atoms with Crippen LogP contribution in [0.3, 0.4) is 0 Å². The van der Waals surface area contributed by atoms with E-state index in [2.05, 4.69) is 4.89 Å². The average molecular weight is 113 g/mol. The third-order valence-electron chi connectivity index (χ3n) is 1.04. The fourth-order valence-electron chi connectivity index (χ4n) is 0.516. The van der Waals surface area contributed by atoms with Crippen LogP contribution >= 0.6 is 0 Å². The first-order valence-corrected chi connectivity index (χ1v) is 2.59. The molecular weight excluding hydrogens is 104 g/mol. The molecule has 0 saturated heterocycles. The second-order valence-electron chi connectivity index (χ2n) is 2.02. The molecule has 1 aliphatic heterocycles. The first kappa shape index (κ1) is 5.63. The molecule has 0 aromatic rings. The van der Waals surface area contributed by atoms with Gasteiger partial charge in [-0.05, 0) is 6.08 Å². The van der Waals surface area contributed by atoms with Crippen LogP contribution in [0.2, 0.25) is 0 Å². The van der Waals surface area contributed by atoms with Crippen molar-refractivity contribution < 1.29 is 9.78 Å². The van der Waals surface area contributed by atoms with Crippen LogP contribution in [0.1, 0.15) is 13.8 Å². The van der Waals surface area contributed by atoms with E-state index in [1.807, 2.05) is 19.9 Å². The lowest BCUT2D eigenvalue weighted by atomic mass is 10.1. The fourth-order valence-corrected chi connectivity index (χ4v) is 0.516. The van der Waals surface area contributed by atoms with E-state index >= 15 is 0 Å². The molecule has 1 aliphatic rings. The van der Waals surface area contributed by atoms with Crippen molar-refractivity contribution in [2.24, 2.45) is 0 Å². The third-order valence-corrected chi connectivity index (χ3v) is 1.04. The SMILES string of the molecule is C[C](C)C1C=COO1. The van der Waals surface area contributed by atoms with Crippen molar-refractivity contribution in [2.75, 3.05) is 0 Å². The van der Waals surface area contributed by atoms with Gasteiger partial charge in [0.1, 0.15) is 12.4 Å². The van der Waals surface area contributed by atoms with Crippen molar-refractivity contribution in [3.05, 3.63) is 18.3 Å². The minimum absolute atomic E-state index is 0.0787. The molecule has 2 heteroatoms. The summed E-state index contributed by atoms with van der Waals surface area (Å²) in [4.78, 5) is 9.28. The van der Waals surface area contributed by atoms with E-state index in [-0.39, 0.29) is 6.10 Å². The highest BCUT2D eigenvalue weighted by Gasteiger charge is 2.15. The smallest absolute Gasteiger partial charge is 0.132 e. The van der Waals surface area contributed by atoms with Gasteiger partial charge in [-0.25, -0.2) is 0 Å². The van der Waals surface area contributed by atoms with Crippen LogP contribution in [0, 0.1) is 5.92 Å². The maximum Gasteiger partial charge on any atom is 0.132 e. The number of hydrogen-bond donors (Lipinski definition) is 0. The van der Waals surface area contributed by atoms with Gasteiger partial charge in [-0.15, -0.1) is 0 Å². The standard InChI is InChI=1S/C6H9O2/c1-5(2)6-3-4-7-8-6/h3-4,6H,1-2H3. The Balaban J connectivity index is 2.36. The van der Waals surface area contributed by atoms with E-state index in [0.29, 0.717) is 0 Å². The van der Waals surface area contributed by atoms with Crippen LogP contribution in [0.5, 0.6) is 0 Å². The van der Waals surface area contributed by atoms with E-state index in [9.17, 15) is 0 Å². The minimum Gasteiger partial charge on any atom is -0.345 e. The molecule has 45 valence electrons. The zero-order chi connectivity index (χ0) is 5.98. The highest BCUT2D eigenvalue weighted by Crippen LogP contribution is 2.14. The number of hydrogen-bond acceptors (Lipinski definition) is 2. The Hall–Kier alpha value is -0.500. The van der Waals surface area contributed by atoms with E-state index in [4.69, 9.17) is 4.89 Å². The van der Waals surface area contributed by atoms with Crippen LogP contribution in [0.4, 0.5) is 0 Å². The Bertz CT molecular complexity index is 96.7. The zero-order valence-electron chi connectivity index (χ0n) is 5.05. The molecule has 0 aliphatic carbocycles. The predicted molar refractivity (Wildman–Crippen MR) is 29.7 cm³/mol. The summed E-state index contributed by atoms with van der Waals surface area (Å²) in [5.41, 5.74) is 0. The van der Waals surface area contributed by atoms with Crippen molar-refractivity contribution in [3.8, 4) is 0 Å². The van der Waals surface area contributed by atoms with Gasteiger partial charge in [-0.3, -0.25) is 0 Å². The molecule has 0 aromatic heterocycles. The lowest BCUT2D eigenvalue weighted by Gasteiger charge is -2.06. The summed E-state index contributed by atoms with van der Waals surface area (Å²) in [5.74, 6) is 1.21. The zero-order valence-corrected chi connectivity index (χ0v) is 5.05. The highest BCUT2D eigenvalue weighted by molar-refractivity contribution is 5.02. The first-order chi connectivity index (χ1) is 3.80. The molecule has 0 N–H and O–H groups in total. The molecule has 0 saturated carbocycles. The van der Waals surface area contributed by atoms with Gasteiger partial charge in [0.25, 0.3) is 0 Å². The quantitative estimate of drug-likeness (QED) is 0.479. The fraction of sp³-hybridized carbons (Fsp3) is 0.500. The van der Waals surface area contributed by atoms with Crippen molar-refractivity contribution in [3.63, 3.8) is 0 Å². The van der Waals surface area contributed by atoms with Gasteiger partial charge < -0.3 is 4.89 Å². The summed E-state index contributed by atoms with van der Waals surface area (Å²) in [6.07, 6.45) is 3.50. The lowest BCUT2D eigenvalue weighted by molar-refractivity contribution is -0.247. The summed E-state index contributed by atoms with van der Waals surface area (Å²) in [5, 5.41) is 0. The largest absolute Gasteiger partial charge is 0.345 e. The first-order valence-electron chi connectivity index (χ1n) is 2.59. The Morgan fingerprint density at radius 3 is 2.50 bits per heavy atom. The molecule has 0 aromatic carbocycles. The molecule has 0 bridgehead atoms. The Kier molecular flexibility index (Phi) is 1.53. The molecule has 0 fully saturated rings. The van der Waals surface area contributed by atoms with Crippen LogP contribution in [0.15, 0.2) is 12.3 Å². The van der Waals surface area contributed by atoms with Crippen molar-refractivity contribution in [1.82, 2.24) is 0 Å². The normalized spacial score (nSPS) is 26.6. The maximum absolute atomic E-state index is 4.77. The Morgan fingerprint density at radius 1 is 1.50 bits per heavy atom. The van der Waals surface area contributed by atoms with E-state index < -0.39 is 0 Å². The number of rotatable bonds is 1. The second kappa shape index (κ2) is 2.18. The van der Waals surface area contributed by atoms with Gasteiger partial charge in [-0.2, -0.15) is 4.89 Å². The van der Waals surface area contributed by atoms with E-state index in [1.165, 1.54) is 5.92 Å². The topological polar surface area (TPSA) is 18.5 Å². The molecule has 1 heterocycles. The van der Waals surface area contributed by atoms with Gasteiger partial charge in [0.15, 0.2) is 0 Å². The lowest BCUT2D eigenvalue weighted by Crippen LogP contribution is -2.09. The van der Waals surface area contributed by atoms with Gasteiger partial charge in [0, 0.05) is 5.92 Å². The van der Waals surface area contributed by atoms with Gasteiger partial charge in [0.05, 0.1) is 0 Å². The summed E-state index contributed by atoms with van der Waals surface area (Å²) in [7, 11) is 0. The second-order valence-corrected chi connectivity index (χ2v) is 2.02. The molecule has 1 radical (unpaired) electrons. The van der Waals surface area contributed by atoms with Crippen LogP contribution < -0.4 is 0 Å². The summed E-state index contributed by atoms with van der Waals surface area (Å²) in [6.45, 7) is 4.01. The monoisotopic (exact) mass is 113 g/mol. The molecule has 0 amide bonds. The summed E-state index contributed by atoms with van der Waals surface area (Å²) < 4.78 is 0. The van der Waals surface area contributed by atoms with E-state index in [0.717, 1.165) is 0 Å². The van der Waals surface area contributed by atoms with Gasteiger partial charge >= 0.3 is 0 Å². The highest BCUT2D eigenvalue weighted by atomic mass is 17.2. The van der Waals surface area contributed by atoms with Crippen LogP contribution in [-0.4, -0.2) is 6.10 Å². The average Bonchev–Trinajstić information content (AvgIpc) is 2.12. The molecule has 0 spiro atoms. The van der Waals surface area contributed by atoms with E-state index in [1.54, 1.807) is 6.26 Å². The Morgan fingerprint density at radius 2 is 2.25 bits per heavy atom. The molecular formula is C6H9O2. The van der Waals surface area contributed by atoms with Crippen LogP contribution in [-0.2, 0) is 9.78 Å². The predicted octanol–water partition coefficient (Wildman–Crippen LogP) is 1.44. The maximum atomic E-state index is 4.77. The Labute approximate surface area is 49.0 Å². The third kappa shape index (κ3) is 1.01. The molecule has 1 rings (SSSR count). The van der Waals surface area contributed by atoms with Crippen LogP contribution in [0.25, 0.3) is 0 Å².